The van der Waals surface area contributed by atoms with E-state index in [1.165, 1.54) is 19.3 Å². The summed E-state index contributed by atoms with van der Waals surface area (Å²) >= 11 is 0. The monoisotopic (exact) mass is 138 g/mol. The molecule has 0 aromatic rings. The van der Waals surface area contributed by atoms with Gasteiger partial charge in [0.25, 0.3) is 0 Å². The number of hydrogen-bond donors (Lipinski definition) is 0. The molecule has 1 atom stereocenters. The smallest absolute Gasteiger partial charge is 0.0758 e. The van der Waals surface area contributed by atoms with Crippen molar-refractivity contribution >= 4 is 0 Å². The fourth-order valence-electron chi connectivity index (χ4n) is 1.12. The Balaban J connectivity index is 2.25. The van der Waals surface area contributed by atoms with E-state index in [-0.39, 0.29) is 0 Å². The molecule has 0 aromatic heterocycles. The minimum Gasteiger partial charge on any atom is -0.374 e. The molecule has 1 fully saturated rings. The lowest BCUT2D eigenvalue weighted by atomic mass is 10.1. The quantitative estimate of drug-likeness (QED) is 0.532. The van der Waals surface area contributed by atoms with Crippen LogP contribution in [0.25, 0.3) is 0 Å². The van der Waals surface area contributed by atoms with E-state index in [0.29, 0.717) is 6.10 Å². The van der Waals surface area contributed by atoms with Crippen LogP contribution in [0.3, 0.4) is 0 Å². The zero-order chi connectivity index (χ0) is 7.23. The normalized spacial score (nSPS) is 27.0. The van der Waals surface area contributed by atoms with E-state index in [1.807, 2.05) is 6.08 Å². The number of ether oxygens (including phenoxy) is 1. The fraction of sp³-hybridized carbons (Fsp3) is 0.556. The highest BCUT2D eigenvalue weighted by Gasteiger charge is 2.08. The van der Waals surface area contributed by atoms with Crippen molar-refractivity contribution in [3.63, 3.8) is 0 Å². The van der Waals surface area contributed by atoms with Crippen LogP contribution >= 0.6 is 0 Å². The van der Waals surface area contributed by atoms with Crippen LogP contribution in [0.15, 0.2) is 24.8 Å². The van der Waals surface area contributed by atoms with Crippen molar-refractivity contribution in [2.45, 2.75) is 25.4 Å². The highest BCUT2D eigenvalue weighted by molar-refractivity contribution is 5.01. The maximum absolute atomic E-state index is 5.45. The van der Waals surface area contributed by atoms with Gasteiger partial charge in [0, 0.05) is 6.61 Å². The molecule has 1 heterocycles. The largest absolute Gasteiger partial charge is 0.374 e. The Bertz CT molecular complexity index is 121. The van der Waals surface area contributed by atoms with E-state index < -0.39 is 0 Å². The number of hydrogen-bond acceptors (Lipinski definition) is 1. The van der Waals surface area contributed by atoms with Gasteiger partial charge in [-0.1, -0.05) is 24.8 Å². The molecule has 0 amide bonds. The van der Waals surface area contributed by atoms with Gasteiger partial charge in [-0.15, -0.1) is 0 Å². The summed E-state index contributed by atoms with van der Waals surface area (Å²) in [6.45, 7) is 4.53. The van der Waals surface area contributed by atoms with Crippen molar-refractivity contribution < 1.29 is 4.74 Å². The molecule has 10 heavy (non-hydrogen) atoms. The van der Waals surface area contributed by atoms with Crippen LogP contribution in [0.1, 0.15) is 19.3 Å². The van der Waals surface area contributed by atoms with Crippen LogP contribution in [0, 0.1) is 0 Å². The molecule has 0 saturated carbocycles. The predicted octanol–water partition coefficient (Wildman–Crippen LogP) is 2.30. The third kappa shape index (κ3) is 2.36. The Labute approximate surface area is 62.4 Å². The molecule has 1 unspecified atom stereocenters. The summed E-state index contributed by atoms with van der Waals surface area (Å²) in [7, 11) is 0. The Morgan fingerprint density at radius 2 is 2.30 bits per heavy atom. The van der Waals surface area contributed by atoms with Crippen molar-refractivity contribution in [2.75, 3.05) is 6.61 Å². The molecule has 0 radical (unpaired) electrons. The molecule has 0 N–H and O–H groups in total. The van der Waals surface area contributed by atoms with Gasteiger partial charge in [0.1, 0.15) is 0 Å². The maximum Gasteiger partial charge on any atom is 0.0758 e. The summed E-state index contributed by atoms with van der Waals surface area (Å²) in [5, 5.41) is 0. The molecule has 1 rings (SSSR count). The molecule has 56 valence electrons. The van der Waals surface area contributed by atoms with Crippen LogP contribution in [0.4, 0.5) is 0 Å². The molecule has 0 spiro atoms. The first-order valence-corrected chi connectivity index (χ1v) is 3.84. The lowest BCUT2D eigenvalue weighted by Crippen LogP contribution is -2.15. The fourth-order valence-corrected chi connectivity index (χ4v) is 1.12. The maximum atomic E-state index is 5.45. The van der Waals surface area contributed by atoms with Gasteiger partial charge in [-0.3, -0.25) is 0 Å². The first kappa shape index (κ1) is 7.55. The van der Waals surface area contributed by atoms with E-state index in [9.17, 15) is 0 Å². The van der Waals surface area contributed by atoms with E-state index in [4.69, 9.17) is 4.74 Å². The Morgan fingerprint density at radius 1 is 1.40 bits per heavy atom. The van der Waals surface area contributed by atoms with E-state index in [1.54, 1.807) is 6.08 Å². The summed E-state index contributed by atoms with van der Waals surface area (Å²) in [5.41, 5.74) is 0. The van der Waals surface area contributed by atoms with Crippen LogP contribution in [0.5, 0.6) is 0 Å². The second kappa shape index (κ2) is 4.29. The van der Waals surface area contributed by atoms with Gasteiger partial charge in [-0.05, 0) is 19.3 Å². The highest BCUT2D eigenvalue weighted by atomic mass is 16.5. The van der Waals surface area contributed by atoms with Crippen molar-refractivity contribution in [1.82, 2.24) is 0 Å². The number of allylic oxidation sites excluding steroid dienone is 2. The van der Waals surface area contributed by atoms with E-state index in [0.717, 1.165) is 6.61 Å². The Kier molecular flexibility index (Phi) is 3.23. The minimum absolute atomic E-state index is 0.353. The lowest BCUT2D eigenvalue weighted by Gasteiger charge is -2.18. The second-order valence-corrected chi connectivity index (χ2v) is 2.53. The Morgan fingerprint density at radius 3 is 2.90 bits per heavy atom. The average Bonchev–Trinajstić information content (AvgIpc) is 2.03. The van der Waals surface area contributed by atoms with Gasteiger partial charge >= 0.3 is 0 Å². The minimum atomic E-state index is 0.353. The third-order valence-electron chi connectivity index (χ3n) is 1.68. The molecular formula is C9H14O. The zero-order valence-corrected chi connectivity index (χ0v) is 6.25. The Hall–Kier alpha value is -0.560. The van der Waals surface area contributed by atoms with Gasteiger partial charge in [-0.2, -0.15) is 0 Å². The van der Waals surface area contributed by atoms with Crippen LogP contribution in [-0.4, -0.2) is 12.7 Å². The lowest BCUT2D eigenvalue weighted by molar-refractivity contribution is 0.0466. The SMILES string of the molecule is C=CC=CC1CCCCO1. The molecule has 1 heteroatoms. The van der Waals surface area contributed by atoms with Crippen molar-refractivity contribution in [3.8, 4) is 0 Å². The average molecular weight is 138 g/mol. The molecule has 1 aliphatic heterocycles. The summed E-state index contributed by atoms with van der Waals surface area (Å²) in [5.74, 6) is 0. The van der Waals surface area contributed by atoms with Crippen molar-refractivity contribution in [2.24, 2.45) is 0 Å². The standard InChI is InChI=1S/C9H14O/c1-2-3-6-9-7-4-5-8-10-9/h2-3,6,9H,1,4-5,7-8H2. The first-order chi connectivity index (χ1) is 4.93. The highest BCUT2D eigenvalue weighted by Crippen LogP contribution is 2.13. The number of rotatable bonds is 2. The molecule has 0 aromatic carbocycles. The van der Waals surface area contributed by atoms with Gasteiger partial charge < -0.3 is 4.74 Å². The molecule has 0 aliphatic carbocycles. The van der Waals surface area contributed by atoms with Gasteiger partial charge in [0.15, 0.2) is 0 Å². The second-order valence-electron chi connectivity index (χ2n) is 2.53. The predicted molar refractivity (Wildman–Crippen MR) is 42.9 cm³/mol. The molecule has 1 nitrogen and oxygen atoms in total. The van der Waals surface area contributed by atoms with Gasteiger partial charge in [0.2, 0.25) is 0 Å². The van der Waals surface area contributed by atoms with Gasteiger partial charge in [-0.25, -0.2) is 0 Å². The van der Waals surface area contributed by atoms with Crippen molar-refractivity contribution in [3.05, 3.63) is 24.8 Å². The topological polar surface area (TPSA) is 9.23 Å². The molecule has 0 bridgehead atoms. The van der Waals surface area contributed by atoms with Crippen LogP contribution in [-0.2, 0) is 4.74 Å². The molecular weight excluding hydrogens is 124 g/mol. The van der Waals surface area contributed by atoms with E-state index in [2.05, 4.69) is 12.7 Å². The van der Waals surface area contributed by atoms with Crippen molar-refractivity contribution in [1.29, 1.82) is 0 Å². The summed E-state index contributed by atoms with van der Waals surface area (Å²) in [6.07, 6.45) is 9.86. The van der Waals surface area contributed by atoms with E-state index >= 15 is 0 Å². The molecule has 1 aliphatic rings. The first-order valence-electron chi connectivity index (χ1n) is 3.84. The summed E-state index contributed by atoms with van der Waals surface area (Å²) in [6, 6.07) is 0. The van der Waals surface area contributed by atoms with Crippen LogP contribution in [0.2, 0.25) is 0 Å². The molecule has 1 saturated heterocycles. The third-order valence-corrected chi connectivity index (χ3v) is 1.68. The van der Waals surface area contributed by atoms with Gasteiger partial charge in [0.05, 0.1) is 6.10 Å². The van der Waals surface area contributed by atoms with Crippen LogP contribution < -0.4 is 0 Å². The summed E-state index contributed by atoms with van der Waals surface area (Å²) < 4.78 is 5.45. The summed E-state index contributed by atoms with van der Waals surface area (Å²) in [4.78, 5) is 0. The zero-order valence-electron chi connectivity index (χ0n) is 6.25.